The maximum absolute atomic E-state index is 12.3. The van der Waals surface area contributed by atoms with Crippen molar-refractivity contribution in [1.82, 2.24) is 10.0 Å². The van der Waals surface area contributed by atoms with Crippen LogP contribution in [0.25, 0.3) is 0 Å². The Bertz CT molecular complexity index is 963. The Kier molecular flexibility index (Phi) is 8.16. The van der Waals surface area contributed by atoms with E-state index in [0.29, 0.717) is 30.0 Å². The van der Waals surface area contributed by atoms with Crippen LogP contribution >= 0.6 is 34.8 Å². The molecule has 0 aliphatic rings. The molecule has 10 heteroatoms. The molecule has 0 radical (unpaired) electrons. The van der Waals surface area contributed by atoms with Gasteiger partial charge in [-0.1, -0.05) is 6.92 Å². The Morgan fingerprint density at radius 3 is 2.43 bits per heavy atom. The fraction of sp³-hybridized carbons (Fsp3) is 0.222. The van der Waals surface area contributed by atoms with Crippen molar-refractivity contribution in [3.63, 3.8) is 0 Å². The van der Waals surface area contributed by atoms with E-state index in [1.807, 2.05) is 6.92 Å². The van der Waals surface area contributed by atoms with Gasteiger partial charge in [-0.15, -0.1) is 0 Å². The summed E-state index contributed by atoms with van der Waals surface area (Å²) >= 11 is 7.24. The molecule has 7 nitrogen and oxygen atoms in total. The summed E-state index contributed by atoms with van der Waals surface area (Å²) in [5.41, 5.74) is 1.00. The van der Waals surface area contributed by atoms with E-state index >= 15 is 0 Å². The summed E-state index contributed by atoms with van der Waals surface area (Å²) in [6.45, 7) is 2.26. The average molecular weight is 533 g/mol. The molecule has 2 rings (SSSR count). The number of halogens is 1. The Morgan fingerprint density at radius 2 is 1.86 bits per heavy atom. The zero-order valence-corrected chi connectivity index (χ0v) is 19.1. The summed E-state index contributed by atoms with van der Waals surface area (Å²) in [5.74, 6) is 0.322. The third-order valence-electron chi connectivity index (χ3n) is 3.61. The molecule has 0 bridgehead atoms. The quantitative estimate of drug-likeness (QED) is 0.374. The van der Waals surface area contributed by atoms with E-state index in [0.717, 1.165) is 3.57 Å². The predicted octanol–water partition coefficient (Wildman–Crippen LogP) is 3.11. The van der Waals surface area contributed by atoms with Crippen molar-refractivity contribution in [2.24, 2.45) is 0 Å². The topological polar surface area (TPSA) is 96.5 Å². The van der Waals surface area contributed by atoms with Crippen molar-refractivity contribution in [2.45, 2.75) is 18.2 Å². The number of carbonyl (C=O) groups is 1. The highest BCUT2D eigenvalue weighted by atomic mass is 127. The molecule has 0 atom stereocenters. The van der Waals surface area contributed by atoms with Crippen LogP contribution in [0.4, 0.5) is 5.69 Å². The largest absolute Gasteiger partial charge is 0.496 e. The van der Waals surface area contributed by atoms with E-state index in [-0.39, 0.29) is 15.9 Å². The van der Waals surface area contributed by atoms with Gasteiger partial charge < -0.3 is 10.1 Å². The number of methoxy groups -OCH3 is 1. The summed E-state index contributed by atoms with van der Waals surface area (Å²) in [7, 11) is -1.96. The van der Waals surface area contributed by atoms with Crippen LogP contribution in [-0.2, 0) is 10.0 Å². The molecule has 0 saturated carbocycles. The minimum atomic E-state index is -3.52. The number of sulfonamides is 1. The van der Waals surface area contributed by atoms with Crippen molar-refractivity contribution in [2.75, 3.05) is 19.0 Å². The molecule has 0 spiro atoms. The number of thiocarbonyl (C=S) groups is 1. The standard InChI is InChI=1S/C18H20IN3O4S2/c1-3-10-20-28(24,25)14-7-5-13(6-8-14)21-18(27)22-17(23)12-4-9-16(26-2)15(19)11-12/h4-9,11,20H,3,10H2,1-2H3,(H2,21,22,23,27). The average Bonchev–Trinajstić information content (AvgIpc) is 2.66. The van der Waals surface area contributed by atoms with Crippen molar-refractivity contribution in [3.8, 4) is 5.75 Å². The fourth-order valence-electron chi connectivity index (χ4n) is 2.18. The van der Waals surface area contributed by atoms with Crippen LogP contribution < -0.4 is 20.1 Å². The number of hydrogen-bond donors (Lipinski definition) is 3. The van der Waals surface area contributed by atoms with Gasteiger partial charge in [-0.25, -0.2) is 13.1 Å². The number of amides is 1. The maximum Gasteiger partial charge on any atom is 0.257 e. The lowest BCUT2D eigenvalue weighted by molar-refractivity contribution is 0.0977. The molecule has 2 aromatic carbocycles. The number of nitrogens with one attached hydrogen (secondary N) is 3. The molecule has 0 heterocycles. The molecule has 3 N–H and O–H groups in total. The van der Waals surface area contributed by atoms with Crippen LogP contribution in [0.15, 0.2) is 47.4 Å². The third kappa shape index (κ3) is 6.12. The first-order valence-electron chi connectivity index (χ1n) is 8.32. The van der Waals surface area contributed by atoms with Gasteiger partial charge in [0, 0.05) is 17.8 Å². The van der Waals surface area contributed by atoms with E-state index in [1.165, 1.54) is 12.1 Å². The zero-order valence-electron chi connectivity index (χ0n) is 15.3. The van der Waals surface area contributed by atoms with Crippen LogP contribution in [0, 0.1) is 3.57 Å². The number of ether oxygens (including phenoxy) is 1. The highest BCUT2D eigenvalue weighted by Crippen LogP contribution is 2.21. The molecular formula is C18H20IN3O4S2. The third-order valence-corrected chi connectivity index (χ3v) is 6.13. The molecule has 0 aliphatic heterocycles. The summed E-state index contributed by atoms with van der Waals surface area (Å²) < 4.78 is 32.6. The molecule has 0 unspecified atom stereocenters. The van der Waals surface area contributed by atoms with E-state index < -0.39 is 10.0 Å². The smallest absolute Gasteiger partial charge is 0.257 e. The molecule has 150 valence electrons. The molecule has 0 aromatic heterocycles. The Morgan fingerprint density at radius 1 is 1.18 bits per heavy atom. The van der Waals surface area contributed by atoms with Gasteiger partial charge >= 0.3 is 0 Å². The first-order chi connectivity index (χ1) is 13.3. The van der Waals surface area contributed by atoms with Crippen LogP contribution in [0.3, 0.4) is 0 Å². The first kappa shape index (κ1) is 22.5. The number of rotatable bonds is 7. The number of benzene rings is 2. The second-order valence-corrected chi connectivity index (χ2v) is 9.02. The fourth-order valence-corrected chi connectivity index (χ4v) is 4.26. The zero-order chi connectivity index (χ0) is 20.7. The summed E-state index contributed by atoms with van der Waals surface area (Å²) in [6.07, 6.45) is 0.708. The van der Waals surface area contributed by atoms with E-state index in [9.17, 15) is 13.2 Å². The van der Waals surface area contributed by atoms with Crippen molar-refractivity contribution >= 4 is 61.5 Å². The molecule has 0 fully saturated rings. The Balaban J connectivity index is 1.99. The van der Waals surface area contributed by atoms with Crippen molar-refractivity contribution < 1.29 is 17.9 Å². The highest BCUT2D eigenvalue weighted by molar-refractivity contribution is 14.1. The molecule has 1 amide bonds. The van der Waals surface area contributed by atoms with Gasteiger partial charge in [0.1, 0.15) is 5.75 Å². The van der Waals surface area contributed by atoms with Gasteiger partial charge in [0.2, 0.25) is 10.0 Å². The van der Waals surface area contributed by atoms with Gasteiger partial charge in [0.15, 0.2) is 5.11 Å². The number of carbonyl (C=O) groups excluding carboxylic acids is 1. The van der Waals surface area contributed by atoms with Gasteiger partial charge in [-0.2, -0.15) is 0 Å². The van der Waals surface area contributed by atoms with Gasteiger partial charge in [0.05, 0.1) is 15.6 Å². The van der Waals surface area contributed by atoms with Crippen LogP contribution in [-0.4, -0.2) is 33.1 Å². The van der Waals surface area contributed by atoms with Crippen LogP contribution in [0.2, 0.25) is 0 Å². The summed E-state index contributed by atoms with van der Waals surface area (Å²) in [4.78, 5) is 12.5. The number of hydrogen-bond acceptors (Lipinski definition) is 5. The SMILES string of the molecule is CCCNS(=O)(=O)c1ccc(NC(=S)NC(=O)c2ccc(OC)c(I)c2)cc1. The Labute approximate surface area is 183 Å². The predicted molar refractivity (Wildman–Crippen MR) is 121 cm³/mol. The minimum absolute atomic E-state index is 0.107. The minimum Gasteiger partial charge on any atom is -0.496 e. The van der Waals surface area contributed by atoms with Gasteiger partial charge in [-0.3, -0.25) is 10.1 Å². The van der Waals surface area contributed by atoms with Gasteiger partial charge in [-0.05, 0) is 83.7 Å². The lowest BCUT2D eigenvalue weighted by Crippen LogP contribution is -2.34. The summed E-state index contributed by atoms with van der Waals surface area (Å²) in [6, 6.07) is 11.1. The van der Waals surface area contributed by atoms with Gasteiger partial charge in [0.25, 0.3) is 5.91 Å². The lowest BCUT2D eigenvalue weighted by Gasteiger charge is -2.11. The summed E-state index contributed by atoms with van der Waals surface area (Å²) in [5, 5.41) is 5.56. The van der Waals surface area contributed by atoms with Crippen LogP contribution in [0.5, 0.6) is 5.75 Å². The lowest BCUT2D eigenvalue weighted by atomic mass is 10.2. The van der Waals surface area contributed by atoms with Crippen molar-refractivity contribution in [3.05, 3.63) is 51.6 Å². The molecule has 0 aliphatic carbocycles. The first-order valence-corrected chi connectivity index (χ1v) is 11.3. The van der Waals surface area contributed by atoms with E-state index in [2.05, 4.69) is 37.9 Å². The normalized spacial score (nSPS) is 11.0. The molecular weight excluding hydrogens is 513 g/mol. The van der Waals surface area contributed by atoms with E-state index in [4.69, 9.17) is 17.0 Å². The molecule has 28 heavy (non-hydrogen) atoms. The van der Waals surface area contributed by atoms with E-state index in [1.54, 1.807) is 37.4 Å². The maximum atomic E-state index is 12.3. The second kappa shape index (κ2) is 10.1. The Hall–Kier alpha value is -1.76. The van der Waals surface area contributed by atoms with Crippen LogP contribution in [0.1, 0.15) is 23.7 Å². The molecule has 2 aromatic rings. The highest BCUT2D eigenvalue weighted by Gasteiger charge is 2.13. The second-order valence-electron chi connectivity index (χ2n) is 5.68. The molecule has 0 saturated heterocycles. The van der Waals surface area contributed by atoms with Crippen molar-refractivity contribution in [1.29, 1.82) is 0 Å². The monoisotopic (exact) mass is 533 g/mol. The number of anilines is 1.